The first-order valence-corrected chi connectivity index (χ1v) is 14.8. The van der Waals surface area contributed by atoms with Crippen LogP contribution in [0.15, 0.2) is 81.7 Å². The highest BCUT2D eigenvalue weighted by Gasteiger charge is 2.45. The van der Waals surface area contributed by atoms with Gasteiger partial charge in [0.1, 0.15) is 18.2 Å². The molecule has 3 aromatic rings. The average Bonchev–Trinajstić information content (AvgIpc) is 2.93. The summed E-state index contributed by atoms with van der Waals surface area (Å²) in [5.41, 5.74) is 12.7. The fourth-order valence-corrected chi connectivity index (χ4v) is 6.39. The predicted molar refractivity (Wildman–Crippen MR) is 169 cm³/mol. The molecule has 1 atom stereocenters. The Morgan fingerprint density at radius 3 is 2.42 bits per heavy atom. The number of hydrogen-bond donors (Lipinski definition) is 1. The summed E-state index contributed by atoms with van der Waals surface area (Å²) in [7, 11) is 0. The molecule has 0 bridgehead atoms. The number of aryl methyl sites for hydroxylation is 3. The standard InChI is InChI=1S/C34H33BrN4O4/c1-19-6-9-24(39(41)42)14-28(19)38-29-15-34(4,5)16-30(40)32(29)31(27(17-36)33(38)37)26-13-22(20(2)12-21(26)3)18-43-25-10-7-23(35)8-11-25/h6-14,31H,15-16,18,37H2,1-5H3. The number of nitro benzene ring substituents is 1. The molecule has 0 fully saturated rings. The number of halogens is 1. The Morgan fingerprint density at radius 2 is 1.77 bits per heavy atom. The second-order valence-electron chi connectivity index (χ2n) is 12.1. The minimum absolute atomic E-state index is 0.0581. The number of nitro groups is 1. The Morgan fingerprint density at radius 1 is 1.07 bits per heavy atom. The molecule has 0 saturated heterocycles. The highest BCUT2D eigenvalue weighted by Crippen LogP contribution is 2.51. The van der Waals surface area contributed by atoms with Crippen LogP contribution in [0.3, 0.4) is 0 Å². The van der Waals surface area contributed by atoms with Crippen molar-refractivity contribution in [1.82, 2.24) is 0 Å². The first kappa shape index (κ1) is 30.1. The minimum Gasteiger partial charge on any atom is -0.489 e. The summed E-state index contributed by atoms with van der Waals surface area (Å²) in [6.45, 7) is 10.2. The van der Waals surface area contributed by atoms with Gasteiger partial charge in [-0.15, -0.1) is 0 Å². The van der Waals surface area contributed by atoms with Crippen molar-refractivity contribution < 1.29 is 14.5 Å². The van der Waals surface area contributed by atoms with E-state index in [1.54, 1.807) is 11.0 Å². The highest BCUT2D eigenvalue weighted by molar-refractivity contribution is 9.10. The van der Waals surface area contributed by atoms with Crippen molar-refractivity contribution in [1.29, 1.82) is 5.26 Å². The Kier molecular flexibility index (Phi) is 7.93. The van der Waals surface area contributed by atoms with E-state index < -0.39 is 10.8 Å². The lowest BCUT2D eigenvalue weighted by Crippen LogP contribution is -2.42. The zero-order valence-corrected chi connectivity index (χ0v) is 26.4. The summed E-state index contributed by atoms with van der Waals surface area (Å²) in [4.78, 5) is 27.0. The van der Waals surface area contributed by atoms with Crippen molar-refractivity contribution in [3.8, 4) is 11.8 Å². The number of ether oxygens (including phenoxy) is 1. The molecule has 9 heteroatoms. The number of carbonyl (C=O) groups is 1. The van der Waals surface area contributed by atoms with Gasteiger partial charge in [-0.2, -0.15) is 5.26 Å². The van der Waals surface area contributed by atoms with Crippen LogP contribution in [0.1, 0.15) is 60.4 Å². The van der Waals surface area contributed by atoms with Gasteiger partial charge in [-0.05, 0) is 84.7 Å². The van der Waals surface area contributed by atoms with Crippen LogP contribution in [0.5, 0.6) is 5.75 Å². The number of carbonyl (C=O) groups excluding carboxylic acids is 1. The molecule has 5 rings (SSSR count). The van der Waals surface area contributed by atoms with Crippen LogP contribution in [0.25, 0.3) is 0 Å². The normalized spacial score (nSPS) is 17.9. The SMILES string of the molecule is Cc1cc(C)c(C2C(C#N)=C(N)N(c3cc([N+](=O)[O-])ccc3C)C3=C2C(=O)CC(C)(C)C3)cc1COc1ccc(Br)cc1. The van der Waals surface area contributed by atoms with Crippen LogP contribution < -0.4 is 15.4 Å². The van der Waals surface area contributed by atoms with Crippen molar-refractivity contribution in [2.45, 2.75) is 60.0 Å². The number of anilines is 1. The maximum atomic E-state index is 14.0. The molecule has 43 heavy (non-hydrogen) atoms. The molecule has 0 aromatic heterocycles. The molecular weight excluding hydrogens is 608 g/mol. The van der Waals surface area contributed by atoms with E-state index in [0.717, 1.165) is 38.0 Å². The number of hydrogen-bond acceptors (Lipinski definition) is 7. The molecule has 2 N–H and O–H groups in total. The minimum atomic E-state index is -0.675. The van der Waals surface area contributed by atoms with Gasteiger partial charge in [-0.1, -0.05) is 48.0 Å². The van der Waals surface area contributed by atoms with E-state index in [2.05, 4.69) is 28.1 Å². The van der Waals surface area contributed by atoms with Crippen LogP contribution in [0.4, 0.5) is 11.4 Å². The topological polar surface area (TPSA) is 122 Å². The third kappa shape index (κ3) is 5.67. The molecular formula is C34H33BrN4O4. The summed E-state index contributed by atoms with van der Waals surface area (Å²) in [5.74, 6) is 0.165. The van der Waals surface area contributed by atoms with Gasteiger partial charge in [0.25, 0.3) is 5.69 Å². The van der Waals surface area contributed by atoms with Gasteiger partial charge in [-0.25, -0.2) is 0 Å². The smallest absolute Gasteiger partial charge is 0.271 e. The van der Waals surface area contributed by atoms with E-state index in [-0.39, 0.29) is 28.3 Å². The molecule has 0 amide bonds. The van der Waals surface area contributed by atoms with E-state index in [4.69, 9.17) is 10.5 Å². The van der Waals surface area contributed by atoms with Gasteiger partial charge in [0.2, 0.25) is 0 Å². The Hall–Kier alpha value is -4.42. The Bertz CT molecular complexity index is 1770. The number of benzene rings is 3. The van der Waals surface area contributed by atoms with Gasteiger partial charge < -0.3 is 10.5 Å². The molecule has 1 heterocycles. The first-order valence-electron chi connectivity index (χ1n) is 14.0. The van der Waals surface area contributed by atoms with Crippen LogP contribution in [0, 0.1) is 47.6 Å². The molecule has 8 nitrogen and oxygen atoms in total. The van der Waals surface area contributed by atoms with Gasteiger partial charge in [0, 0.05) is 34.3 Å². The maximum Gasteiger partial charge on any atom is 0.271 e. The molecule has 1 aliphatic heterocycles. The summed E-state index contributed by atoms with van der Waals surface area (Å²) in [5, 5.41) is 22.2. The third-order valence-corrected chi connectivity index (χ3v) is 8.80. The molecule has 0 radical (unpaired) electrons. The lowest BCUT2D eigenvalue weighted by molar-refractivity contribution is -0.384. The van der Waals surface area contributed by atoms with Gasteiger partial charge in [0.15, 0.2) is 5.78 Å². The number of nitrogens with two attached hydrogens (primary N) is 1. The van der Waals surface area contributed by atoms with Gasteiger partial charge in [0.05, 0.1) is 28.2 Å². The van der Waals surface area contributed by atoms with E-state index >= 15 is 0 Å². The molecule has 2 aliphatic rings. The van der Waals surface area contributed by atoms with Crippen molar-refractivity contribution in [3.63, 3.8) is 0 Å². The second-order valence-corrected chi connectivity index (χ2v) is 13.0. The zero-order valence-electron chi connectivity index (χ0n) is 24.8. The number of allylic oxidation sites excluding steroid dienone is 3. The van der Waals surface area contributed by atoms with E-state index in [1.807, 2.05) is 65.0 Å². The molecule has 220 valence electrons. The molecule has 1 aliphatic carbocycles. The summed E-state index contributed by atoms with van der Waals surface area (Å²) in [6, 6.07) is 18.5. The maximum absolute atomic E-state index is 14.0. The van der Waals surface area contributed by atoms with Crippen LogP contribution in [-0.4, -0.2) is 10.7 Å². The van der Waals surface area contributed by atoms with Gasteiger partial charge >= 0.3 is 0 Å². The van der Waals surface area contributed by atoms with Crippen LogP contribution in [-0.2, 0) is 11.4 Å². The lowest BCUT2D eigenvalue weighted by atomic mass is 9.68. The number of rotatable bonds is 6. The largest absolute Gasteiger partial charge is 0.489 e. The quantitative estimate of drug-likeness (QED) is 0.215. The van der Waals surface area contributed by atoms with E-state index in [0.29, 0.717) is 36.4 Å². The highest BCUT2D eigenvalue weighted by atomic mass is 79.9. The monoisotopic (exact) mass is 640 g/mol. The van der Waals surface area contributed by atoms with E-state index in [1.165, 1.54) is 12.1 Å². The number of ketones is 1. The third-order valence-electron chi connectivity index (χ3n) is 8.27. The van der Waals surface area contributed by atoms with Gasteiger partial charge in [-0.3, -0.25) is 19.8 Å². The average molecular weight is 642 g/mol. The number of non-ortho nitro benzene ring substituents is 1. The van der Waals surface area contributed by atoms with Crippen molar-refractivity contribution >= 4 is 33.1 Å². The second kappa shape index (κ2) is 11.3. The summed E-state index contributed by atoms with van der Waals surface area (Å²) < 4.78 is 7.05. The summed E-state index contributed by atoms with van der Waals surface area (Å²) >= 11 is 3.44. The molecule has 0 saturated carbocycles. The predicted octanol–water partition coefficient (Wildman–Crippen LogP) is 7.80. The van der Waals surface area contributed by atoms with Crippen molar-refractivity contribution in [2.24, 2.45) is 11.1 Å². The number of nitrogens with zero attached hydrogens (tertiary/aromatic N) is 3. The molecule has 0 spiro atoms. The van der Waals surface area contributed by atoms with E-state index in [9.17, 15) is 20.2 Å². The first-order chi connectivity index (χ1) is 20.3. The molecule has 1 unspecified atom stereocenters. The zero-order chi connectivity index (χ0) is 31.2. The summed E-state index contributed by atoms with van der Waals surface area (Å²) in [6.07, 6.45) is 0.823. The Balaban J connectivity index is 1.69. The fraction of sp³-hybridized carbons (Fsp3) is 0.294. The van der Waals surface area contributed by atoms with Crippen molar-refractivity contribution in [3.05, 3.63) is 120 Å². The van der Waals surface area contributed by atoms with Crippen LogP contribution in [0.2, 0.25) is 0 Å². The number of Topliss-reactive ketones (excluding diaryl/α,β-unsaturated/α-hetero) is 1. The lowest BCUT2D eigenvalue weighted by Gasteiger charge is -2.44. The van der Waals surface area contributed by atoms with Crippen LogP contribution >= 0.6 is 15.9 Å². The van der Waals surface area contributed by atoms with Crippen molar-refractivity contribution in [2.75, 3.05) is 4.90 Å². The molecule has 3 aromatic carbocycles. The fourth-order valence-electron chi connectivity index (χ4n) is 6.12. The number of nitriles is 1. The Labute approximate surface area is 259 Å².